The summed E-state index contributed by atoms with van der Waals surface area (Å²) in [6.45, 7) is 6.70. The zero-order valence-corrected chi connectivity index (χ0v) is 18.2. The van der Waals surface area contributed by atoms with Gasteiger partial charge in [-0.15, -0.1) is 0 Å². The number of aromatic nitrogens is 4. The number of hydrogen-bond acceptors (Lipinski definition) is 9. The molecule has 1 aliphatic heterocycles. The van der Waals surface area contributed by atoms with Gasteiger partial charge in [0.15, 0.2) is 18.1 Å². The van der Waals surface area contributed by atoms with Crippen LogP contribution in [0.3, 0.4) is 0 Å². The summed E-state index contributed by atoms with van der Waals surface area (Å²) in [5.74, 6) is 0.622. The number of carbonyl (C=O) groups is 2. The summed E-state index contributed by atoms with van der Waals surface area (Å²) in [7, 11) is 2.82. The van der Waals surface area contributed by atoms with Crippen LogP contribution in [-0.4, -0.2) is 70.9 Å². The van der Waals surface area contributed by atoms with Gasteiger partial charge >= 0.3 is 5.97 Å². The first-order valence-corrected chi connectivity index (χ1v) is 9.87. The highest BCUT2D eigenvalue weighted by Crippen LogP contribution is 2.38. The molecule has 1 aromatic carbocycles. The van der Waals surface area contributed by atoms with Gasteiger partial charge in [0.1, 0.15) is 6.04 Å². The molecule has 0 spiro atoms. The van der Waals surface area contributed by atoms with E-state index in [1.807, 2.05) is 13.8 Å². The Hall–Kier alpha value is -3.63. The number of amides is 1. The molecule has 1 unspecified atom stereocenters. The molecule has 0 fully saturated rings. The van der Waals surface area contributed by atoms with Crippen molar-refractivity contribution in [2.24, 2.45) is 0 Å². The quantitative estimate of drug-likeness (QED) is 0.619. The average molecular weight is 430 g/mol. The first kappa shape index (κ1) is 22.1. The summed E-state index contributed by atoms with van der Waals surface area (Å²) in [6, 6.07) is 4.57. The van der Waals surface area contributed by atoms with E-state index in [0.717, 1.165) is 0 Å². The maximum absolute atomic E-state index is 12.5. The number of hydrogen-bond donors (Lipinski definition) is 1. The van der Waals surface area contributed by atoms with E-state index < -0.39 is 12.0 Å². The van der Waals surface area contributed by atoms with E-state index in [0.29, 0.717) is 47.4 Å². The summed E-state index contributed by atoms with van der Waals surface area (Å²) in [4.78, 5) is 26.5. The second kappa shape index (κ2) is 9.45. The van der Waals surface area contributed by atoms with Crippen molar-refractivity contribution in [1.29, 1.82) is 0 Å². The maximum atomic E-state index is 12.5. The molecule has 166 valence electrons. The third kappa shape index (κ3) is 4.30. The number of tetrazole rings is 1. The molecule has 11 heteroatoms. The van der Waals surface area contributed by atoms with Crippen LogP contribution >= 0.6 is 0 Å². The van der Waals surface area contributed by atoms with Gasteiger partial charge in [0.05, 0.1) is 19.8 Å². The highest BCUT2D eigenvalue weighted by Gasteiger charge is 2.35. The van der Waals surface area contributed by atoms with Gasteiger partial charge in [0.25, 0.3) is 5.91 Å². The van der Waals surface area contributed by atoms with Crippen LogP contribution in [0.15, 0.2) is 29.5 Å². The number of anilines is 1. The van der Waals surface area contributed by atoms with E-state index in [-0.39, 0.29) is 12.5 Å². The van der Waals surface area contributed by atoms with E-state index >= 15 is 0 Å². The number of nitrogens with zero attached hydrogens (tertiary/aromatic N) is 5. The van der Waals surface area contributed by atoms with Crippen molar-refractivity contribution in [2.45, 2.75) is 26.8 Å². The molecule has 1 N–H and O–H groups in total. The summed E-state index contributed by atoms with van der Waals surface area (Å²) >= 11 is 0. The van der Waals surface area contributed by atoms with Crippen LogP contribution in [0.5, 0.6) is 11.5 Å². The monoisotopic (exact) mass is 430 g/mol. The largest absolute Gasteiger partial charge is 0.493 e. The second-order valence-corrected chi connectivity index (χ2v) is 6.77. The Bertz CT molecular complexity index is 998. The Morgan fingerprint density at radius 3 is 2.58 bits per heavy atom. The van der Waals surface area contributed by atoms with Gasteiger partial charge in [-0.1, -0.05) is 11.2 Å². The summed E-state index contributed by atoms with van der Waals surface area (Å²) in [5.41, 5.74) is 1.65. The number of ether oxygens (including phenoxy) is 3. The molecular formula is C20H26N6O5. The minimum absolute atomic E-state index is 0.103. The molecule has 0 saturated carbocycles. The molecule has 0 saturated heterocycles. The molecule has 1 aromatic heterocycles. The number of methoxy groups -OCH3 is 2. The lowest BCUT2D eigenvalue weighted by Crippen LogP contribution is -2.34. The fourth-order valence-corrected chi connectivity index (χ4v) is 3.48. The molecule has 0 radical (unpaired) electrons. The van der Waals surface area contributed by atoms with Crippen LogP contribution in [0.4, 0.5) is 5.95 Å². The van der Waals surface area contributed by atoms with Gasteiger partial charge in [-0.05, 0) is 48.9 Å². The molecule has 1 amide bonds. The Balaban J connectivity index is 1.94. The summed E-state index contributed by atoms with van der Waals surface area (Å²) in [5, 5.41) is 14.7. The highest BCUT2D eigenvalue weighted by atomic mass is 16.5. The molecule has 3 rings (SSSR count). The van der Waals surface area contributed by atoms with Crippen LogP contribution in [0.25, 0.3) is 0 Å². The normalized spacial score (nSPS) is 15.1. The number of rotatable bonds is 8. The smallest absolute Gasteiger partial charge is 0.338 e. The molecular weight excluding hydrogens is 404 g/mol. The zero-order chi connectivity index (χ0) is 22.5. The summed E-state index contributed by atoms with van der Waals surface area (Å²) in [6.07, 6.45) is 0. The molecule has 2 heterocycles. The molecule has 0 bridgehead atoms. The van der Waals surface area contributed by atoms with Crippen LogP contribution < -0.4 is 14.8 Å². The van der Waals surface area contributed by atoms with E-state index in [1.165, 1.54) is 18.9 Å². The van der Waals surface area contributed by atoms with Crippen molar-refractivity contribution < 1.29 is 23.8 Å². The minimum atomic E-state index is -0.626. The van der Waals surface area contributed by atoms with Crippen molar-refractivity contribution in [3.63, 3.8) is 0 Å². The van der Waals surface area contributed by atoms with Crippen LogP contribution in [-0.2, 0) is 14.3 Å². The number of esters is 1. The fourth-order valence-electron chi connectivity index (χ4n) is 3.48. The zero-order valence-electron chi connectivity index (χ0n) is 18.2. The average Bonchev–Trinajstić information content (AvgIpc) is 3.24. The predicted molar refractivity (Wildman–Crippen MR) is 111 cm³/mol. The van der Waals surface area contributed by atoms with Crippen LogP contribution in [0.1, 0.15) is 32.4 Å². The Kier molecular flexibility index (Phi) is 6.73. The van der Waals surface area contributed by atoms with Gasteiger partial charge in [-0.25, -0.2) is 4.79 Å². The molecule has 11 nitrogen and oxygen atoms in total. The number of fused-ring (bicyclic) bond motifs is 1. The first-order chi connectivity index (χ1) is 14.9. The first-order valence-electron chi connectivity index (χ1n) is 9.87. The molecule has 1 aliphatic rings. The van der Waals surface area contributed by atoms with Gasteiger partial charge in [0.2, 0.25) is 5.95 Å². The third-order valence-electron chi connectivity index (χ3n) is 5.09. The summed E-state index contributed by atoms with van der Waals surface area (Å²) < 4.78 is 17.7. The highest BCUT2D eigenvalue weighted by molar-refractivity contribution is 5.92. The van der Waals surface area contributed by atoms with Crippen LogP contribution in [0.2, 0.25) is 0 Å². The third-order valence-corrected chi connectivity index (χ3v) is 5.09. The van der Waals surface area contributed by atoms with Crippen molar-refractivity contribution in [1.82, 2.24) is 25.1 Å². The van der Waals surface area contributed by atoms with E-state index in [9.17, 15) is 9.59 Å². The van der Waals surface area contributed by atoms with Crippen LogP contribution in [0, 0.1) is 0 Å². The minimum Gasteiger partial charge on any atom is -0.493 e. The van der Waals surface area contributed by atoms with Gasteiger partial charge in [-0.3, -0.25) is 4.79 Å². The number of benzene rings is 1. The predicted octanol–water partition coefficient (Wildman–Crippen LogP) is 1.39. The Morgan fingerprint density at radius 2 is 1.94 bits per heavy atom. The van der Waals surface area contributed by atoms with Gasteiger partial charge in [0, 0.05) is 18.8 Å². The molecule has 1 atom stereocenters. The lowest BCUT2D eigenvalue weighted by molar-refractivity contribution is -0.136. The number of nitrogens with one attached hydrogen (secondary N) is 1. The number of likely N-dealkylation sites (N-methyl/N-ethyl adjacent to an activating group) is 1. The fraction of sp³-hybridized carbons (Fsp3) is 0.450. The lowest BCUT2D eigenvalue weighted by atomic mass is 9.95. The van der Waals surface area contributed by atoms with Gasteiger partial charge in [-0.2, -0.15) is 4.68 Å². The maximum Gasteiger partial charge on any atom is 0.338 e. The molecule has 2 aromatic rings. The van der Waals surface area contributed by atoms with Crippen molar-refractivity contribution in [3.05, 3.63) is 35.0 Å². The van der Waals surface area contributed by atoms with Gasteiger partial charge < -0.3 is 24.4 Å². The number of carbonyl (C=O) groups excluding carboxylic acids is 2. The van der Waals surface area contributed by atoms with Crippen molar-refractivity contribution in [2.75, 3.05) is 39.2 Å². The SMILES string of the molecule is CCN(CC)C(=O)COc1ccc(C2C(C(=O)OC)=C(C)Nc3nnnn32)cc1OC. The topological polar surface area (TPSA) is 121 Å². The van der Waals surface area contributed by atoms with E-state index in [1.54, 1.807) is 30.0 Å². The lowest BCUT2D eigenvalue weighted by Gasteiger charge is -2.27. The molecule has 31 heavy (non-hydrogen) atoms. The second-order valence-electron chi connectivity index (χ2n) is 6.77. The Morgan fingerprint density at radius 1 is 1.19 bits per heavy atom. The van der Waals surface area contributed by atoms with E-state index in [2.05, 4.69) is 20.8 Å². The Labute approximate surface area is 179 Å². The van der Waals surface area contributed by atoms with Crippen molar-refractivity contribution in [3.8, 4) is 11.5 Å². The molecule has 0 aliphatic carbocycles. The van der Waals surface area contributed by atoms with Crippen molar-refractivity contribution >= 4 is 17.8 Å². The number of allylic oxidation sites excluding steroid dienone is 1. The van der Waals surface area contributed by atoms with E-state index in [4.69, 9.17) is 14.2 Å². The standard InChI is InChI=1S/C20H26N6O5/c1-6-25(7-2)16(27)11-31-14-9-8-13(10-15(14)29-4)18-17(19(28)30-5)12(3)21-20-22-23-24-26(18)20/h8-10,18H,6-7,11H2,1-5H3,(H,21,22,24).